The number of hydrogen-bond donors (Lipinski definition) is 1. The number of aryl methyl sites for hydroxylation is 3. The Kier molecular flexibility index (Phi) is 6.36. The number of hydrogen-bond acceptors (Lipinski definition) is 8. The summed E-state index contributed by atoms with van der Waals surface area (Å²) in [6, 6.07) is 1.84. The number of nitrogens with one attached hydrogen (secondary N) is 1. The highest BCUT2D eigenvalue weighted by atomic mass is 32.2. The van der Waals surface area contributed by atoms with E-state index in [1.54, 1.807) is 29.6 Å². The van der Waals surface area contributed by atoms with Crippen LogP contribution in [-0.2, 0) is 23.1 Å². The average molecular weight is 438 g/mol. The first-order valence-corrected chi connectivity index (χ1v) is 11.0. The monoisotopic (exact) mass is 437 g/mol. The molecule has 0 aliphatic carbocycles. The first kappa shape index (κ1) is 21.1. The number of aromatic nitrogens is 5. The number of morpholine rings is 1. The van der Waals surface area contributed by atoms with Gasteiger partial charge in [0.2, 0.25) is 0 Å². The molecular formula is C21H23N7O2S. The van der Waals surface area contributed by atoms with Crippen molar-refractivity contribution in [2.45, 2.75) is 18.9 Å². The van der Waals surface area contributed by atoms with Gasteiger partial charge in [-0.1, -0.05) is 11.8 Å². The highest BCUT2D eigenvalue weighted by Crippen LogP contribution is 2.21. The standard InChI is InChI=1S/C21H23N7O2S/c1-15-18(21(24-13-23-15)28-6-8-30-9-7-28)5-4-17-10-19(16(2)22-11-17)26-31(29)20-12-27(3)14-25-20/h10-14,26H,6-9H2,1-3H3. The first-order valence-electron chi connectivity index (χ1n) is 9.80. The second-order valence-electron chi connectivity index (χ2n) is 7.11. The van der Waals surface area contributed by atoms with Crippen molar-refractivity contribution in [2.75, 3.05) is 35.9 Å². The summed E-state index contributed by atoms with van der Waals surface area (Å²) >= 11 is -1.49. The predicted octanol–water partition coefficient (Wildman–Crippen LogP) is 1.59. The molecule has 1 N–H and O–H groups in total. The molecule has 9 nitrogen and oxygen atoms in total. The maximum atomic E-state index is 12.6. The first-order chi connectivity index (χ1) is 15.0. The lowest BCUT2D eigenvalue weighted by Gasteiger charge is -2.28. The zero-order valence-corrected chi connectivity index (χ0v) is 18.4. The van der Waals surface area contributed by atoms with Crippen LogP contribution in [0.2, 0.25) is 0 Å². The largest absolute Gasteiger partial charge is 0.587 e. The number of pyridine rings is 1. The molecule has 0 bridgehead atoms. The van der Waals surface area contributed by atoms with Crippen LogP contribution in [0.25, 0.3) is 0 Å². The van der Waals surface area contributed by atoms with Crippen molar-refractivity contribution >= 4 is 22.9 Å². The van der Waals surface area contributed by atoms with Crippen LogP contribution in [-0.4, -0.2) is 55.4 Å². The van der Waals surface area contributed by atoms with Crippen LogP contribution in [0.5, 0.6) is 0 Å². The van der Waals surface area contributed by atoms with Gasteiger partial charge >= 0.3 is 0 Å². The molecule has 4 heterocycles. The Morgan fingerprint density at radius 1 is 1.10 bits per heavy atom. The SMILES string of the molecule is Cc1ncc(C#Cc2c(C)ncnc2N2CCOCC2)cc1N[S+]([O-])c1cn(C)cn1. The van der Waals surface area contributed by atoms with Crippen LogP contribution >= 0.6 is 0 Å². The molecule has 0 saturated carbocycles. The number of ether oxygens (including phenoxy) is 1. The second kappa shape index (κ2) is 9.34. The highest BCUT2D eigenvalue weighted by molar-refractivity contribution is 7.92. The third kappa shape index (κ3) is 4.96. The summed E-state index contributed by atoms with van der Waals surface area (Å²) < 4.78 is 22.7. The lowest BCUT2D eigenvalue weighted by molar-refractivity contribution is 0.122. The van der Waals surface area contributed by atoms with Crippen LogP contribution in [0.3, 0.4) is 0 Å². The van der Waals surface area contributed by atoms with E-state index in [0.717, 1.165) is 35.9 Å². The Labute approximate surface area is 184 Å². The van der Waals surface area contributed by atoms with Crippen LogP contribution in [0.1, 0.15) is 22.5 Å². The van der Waals surface area contributed by atoms with Crippen molar-refractivity contribution in [3.63, 3.8) is 0 Å². The third-order valence-corrected chi connectivity index (χ3v) is 5.82. The van der Waals surface area contributed by atoms with E-state index in [-0.39, 0.29) is 0 Å². The molecule has 1 atom stereocenters. The number of imidazole rings is 1. The van der Waals surface area contributed by atoms with Gasteiger partial charge in [-0.05, 0) is 19.9 Å². The molecule has 4 rings (SSSR count). The average Bonchev–Trinajstić information content (AvgIpc) is 3.22. The molecule has 1 aliphatic rings. The van der Waals surface area contributed by atoms with Crippen molar-refractivity contribution in [1.82, 2.24) is 24.5 Å². The summed E-state index contributed by atoms with van der Waals surface area (Å²) in [4.78, 5) is 19.5. The van der Waals surface area contributed by atoms with E-state index < -0.39 is 11.4 Å². The van der Waals surface area contributed by atoms with E-state index >= 15 is 0 Å². The third-order valence-electron chi connectivity index (χ3n) is 4.82. The number of nitrogens with zero attached hydrogens (tertiary/aromatic N) is 6. The molecule has 1 saturated heterocycles. The van der Waals surface area contributed by atoms with E-state index in [1.807, 2.05) is 27.0 Å². The zero-order valence-electron chi connectivity index (χ0n) is 17.6. The lowest BCUT2D eigenvalue weighted by atomic mass is 10.1. The van der Waals surface area contributed by atoms with Crippen LogP contribution in [0, 0.1) is 25.7 Å². The molecule has 10 heteroatoms. The van der Waals surface area contributed by atoms with Gasteiger partial charge in [-0.3, -0.25) is 4.98 Å². The van der Waals surface area contributed by atoms with E-state index in [1.165, 1.54) is 0 Å². The number of rotatable bonds is 4. The topological polar surface area (TPSA) is 104 Å². The predicted molar refractivity (Wildman–Crippen MR) is 118 cm³/mol. The minimum Gasteiger partial charge on any atom is -0.587 e. The van der Waals surface area contributed by atoms with Crippen LogP contribution in [0.4, 0.5) is 11.5 Å². The molecule has 31 heavy (non-hydrogen) atoms. The second-order valence-corrected chi connectivity index (χ2v) is 8.27. The Morgan fingerprint density at radius 3 is 2.65 bits per heavy atom. The summed E-state index contributed by atoms with van der Waals surface area (Å²) in [5, 5.41) is 0.450. The quantitative estimate of drug-likeness (QED) is 0.485. The lowest BCUT2D eigenvalue weighted by Crippen LogP contribution is -2.37. The molecule has 0 aromatic carbocycles. The highest BCUT2D eigenvalue weighted by Gasteiger charge is 2.18. The normalized spacial score (nSPS) is 14.6. The van der Waals surface area contributed by atoms with Crippen molar-refractivity contribution in [3.8, 4) is 11.8 Å². The molecule has 0 radical (unpaired) electrons. The van der Waals surface area contributed by atoms with Gasteiger partial charge in [-0.25, -0.2) is 9.97 Å². The maximum absolute atomic E-state index is 12.6. The van der Waals surface area contributed by atoms with E-state index in [4.69, 9.17) is 4.74 Å². The van der Waals surface area contributed by atoms with E-state index in [9.17, 15) is 4.55 Å². The molecule has 0 spiro atoms. The Hall–Kier alpha value is -3.13. The van der Waals surface area contributed by atoms with Crippen molar-refractivity contribution < 1.29 is 9.29 Å². The van der Waals surface area contributed by atoms with Gasteiger partial charge in [0, 0.05) is 31.9 Å². The Morgan fingerprint density at radius 2 is 1.90 bits per heavy atom. The minimum absolute atomic E-state index is 0.450. The van der Waals surface area contributed by atoms with Gasteiger partial charge in [0.1, 0.15) is 29.2 Å². The molecule has 160 valence electrons. The summed E-state index contributed by atoms with van der Waals surface area (Å²) in [5.74, 6) is 7.19. The Bertz CT molecular complexity index is 1130. The molecule has 0 amide bonds. The fourth-order valence-electron chi connectivity index (χ4n) is 3.10. The van der Waals surface area contributed by atoms with Gasteiger partial charge in [-0.2, -0.15) is 9.71 Å². The zero-order chi connectivity index (χ0) is 21.8. The van der Waals surface area contributed by atoms with E-state index in [0.29, 0.717) is 29.5 Å². The van der Waals surface area contributed by atoms with Crippen LogP contribution in [0.15, 0.2) is 36.1 Å². The molecule has 3 aromatic rings. The molecule has 3 aromatic heterocycles. The van der Waals surface area contributed by atoms with Gasteiger partial charge in [-0.15, -0.1) is 0 Å². The molecular weight excluding hydrogens is 414 g/mol. The van der Waals surface area contributed by atoms with Crippen molar-refractivity contribution in [3.05, 3.63) is 53.6 Å². The molecule has 1 fully saturated rings. The summed E-state index contributed by atoms with van der Waals surface area (Å²) in [5.41, 5.74) is 3.67. The van der Waals surface area contributed by atoms with Gasteiger partial charge in [0.05, 0.1) is 42.7 Å². The smallest absolute Gasteiger partial charge is 0.289 e. The Balaban J connectivity index is 1.59. The van der Waals surface area contributed by atoms with Gasteiger partial charge in [0.25, 0.3) is 5.03 Å². The van der Waals surface area contributed by atoms with Crippen molar-refractivity contribution in [2.24, 2.45) is 7.05 Å². The maximum Gasteiger partial charge on any atom is 0.289 e. The van der Waals surface area contributed by atoms with Crippen molar-refractivity contribution in [1.29, 1.82) is 0 Å². The molecule has 1 unspecified atom stereocenters. The van der Waals surface area contributed by atoms with Crippen LogP contribution < -0.4 is 9.62 Å². The van der Waals surface area contributed by atoms with Gasteiger partial charge in [0.15, 0.2) is 0 Å². The summed E-state index contributed by atoms with van der Waals surface area (Å²) in [6.07, 6.45) is 6.58. The van der Waals surface area contributed by atoms with E-state index in [2.05, 4.69) is 41.4 Å². The fourth-order valence-corrected chi connectivity index (χ4v) is 4.01. The summed E-state index contributed by atoms with van der Waals surface area (Å²) in [7, 11) is 1.83. The minimum atomic E-state index is -1.49. The molecule has 1 aliphatic heterocycles. The summed E-state index contributed by atoms with van der Waals surface area (Å²) in [6.45, 7) is 6.64. The fraction of sp³-hybridized carbons (Fsp3) is 0.333. The number of anilines is 2. The van der Waals surface area contributed by atoms with Gasteiger partial charge < -0.3 is 18.8 Å².